The molecule has 0 spiro atoms. The summed E-state index contributed by atoms with van der Waals surface area (Å²) >= 11 is 1.99. The van der Waals surface area contributed by atoms with E-state index in [1.807, 2.05) is 11.3 Å². The molecule has 120 valence electrons. The second kappa shape index (κ2) is 8.33. The highest BCUT2D eigenvalue weighted by molar-refractivity contribution is 7.11. The van der Waals surface area contributed by atoms with E-state index in [0.717, 1.165) is 5.92 Å². The predicted molar refractivity (Wildman–Crippen MR) is 95.2 cm³/mol. The maximum atomic E-state index is 3.66. The first-order chi connectivity index (χ1) is 10.1. The summed E-state index contributed by atoms with van der Waals surface area (Å²) in [5, 5.41) is 3.66. The van der Waals surface area contributed by atoms with Crippen LogP contribution in [-0.2, 0) is 6.42 Å². The van der Waals surface area contributed by atoms with Crippen LogP contribution in [0.4, 0.5) is 0 Å². The molecule has 1 fully saturated rings. The van der Waals surface area contributed by atoms with E-state index < -0.39 is 0 Å². The van der Waals surface area contributed by atoms with Crippen molar-refractivity contribution in [3.8, 4) is 0 Å². The molecule has 0 bridgehead atoms. The summed E-state index contributed by atoms with van der Waals surface area (Å²) < 4.78 is 0. The van der Waals surface area contributed by atoms with E-state index in [4.69, 9.17) is 0 Å². The van der Waals surface area contributed by atoms with Crippen molar-refractivity contribution in [1.82, 2.24) is 5.32 Å². The molecule has 1 N–H and O–H groups in total. The summed E-state index contributed by atoms with van der Waals surface area (Å²) in [7, 11) is 0. The monoisotopic (exact) mass is 307 g/mol. The number of hydrogen-bond donors (Lipinski definition) is 1. The van der Waals surface area contributed by atoms with Crippen molar-refractivity contribution in [2.45, 2.75) is 72.1 Å². The van der Waals surface area contributed by atoms with Crippen LogP contribution in [0, 0.1) is 18.3 Å². The molecular formula is C19H33NS. The van der Waals surface area contributed by atoms with Gasteiger partial charge in [0, 0.05) is 9.75 Å². The predicted octanol–water partition coefficient (Wildman–Crippen LogP) is 5.58. The van der Waals surface area contributed by atoms with Crippen molar-refractivity contribution in [3.63, 3.8) is 0 Å². The summed E-state index contributed by atoms with van der Waals surface area (Å²) in [5.41, 5.74) is 0.625. The van der Waals surface area contributed by atoms with Crippen LogP contribution in [-0.4, -0.2) is 13.1 Å². The molecule has 0 amide bonds. The molecule has 0 aliphatic heterocycles. The molecule has 1 saturated carbocycles. The molecule has 2 heteroatoms. The Labute approximate surface area is 135 Å². The van der Waals surface area contributed by atoms with E-state index in [-0.39, 0.29) is 0 Å². The van der Waals surface area contributed by atoms with Crippen molar-refractivity contribution < 1.29 is 0 Å². The lowest BCUT2D eigenvalue weighted by atomic mass is 9.69. The summed E-state index contributed by atoms with van der Waals surface area (Å²) in [6.07, 6.45) is 11.4. The topological polar surface area (TPSA) is 12.0 Å². The van der Waals surface area contributed by atoms with Crippen LogP contribution in [0.15, 0.2) is 12.1 Å². The zero-order valence-corrected chi connectivity index (χ0v) is 15.0. The van der Waals surface area contributed by atoms with Crippen molar-refractivity contribution in [2.24, 2.45) is 11.3 Å². The molecule has 1 aliphatic rings. The minimum Gasteiger partial charge on any atom is -0.316 e. The van der Waals surface area contributed by atoms with E-state index in [1.54, 1.807) is 4.88 Å². The van der Waals surface area contributed by atoms with Gasteiger partial charge in [-0.3, -0.25) is 0 Å². The van der Waals surface area contributed by atoms with Crippen molar-refractivity contribution in [3.05, 3.63) is 21.9 Å². The Bertz CT molecular complexity index is 401. The zero-order valence-electron chi connectivity index (χ0n) is 14.2. The second-order valence-electron chi connectivity index (χ2n) is 7.42. The van der Waals surface area contributed by atoms with E-state index in [9.17, 15) is 0 Å². The molecule has 0 aromatic carbocycles. The van der Waals surface area contributed by atoms with E-state index in [1.165, 1.54) is 69.3 Å². The maximum Gasteiger partial charge on any atom is 0.00482 e. The van der Waals surface area contributed by atoms with E-state index in [0.29, 0.717) is 5.41 Å². The van der Waals surface area contributed by atoms with Gasteiger partial charge in [0.25, 0.3) is 0 Å². The molecule has 1 aromatic rings. The highest BCUT2D eigenvalue weighted by atomic mass is 32.1. The van der Waals surface area contributed by atoms with Gasteiger partial charge in [-0.1, -0.05) is 33.1 Å². The van der Waals surface area contributed by atoms with Crippen LogP contribution in [0.2, 0.25) is 0 Å². The normalized spacial score (nSPS) is 18.3. The quantitative estimate of drug-likeness (QED) is 0.619. The molecule has 1 aliphatic carbocycles. The molecule has 1 heterocycles. The van der Waals surface area contributed by atoms with Gasteiger partial charge in [-0.25, -0.2) is 0 Å². The van der Waals surface area contributed by atoms with Crippen molar-refractivity contribution >= 4 is 11.3 Å². The van der Waals surface area contributed by atoms with Crippen molar-refractivity contribution in [1.29, 1.82) is 0 Å². The third-order valence-electron chi connectivity index (χ3n) is 5.00. The standard InChI is InChI=1S/C19H33NS/c1-16(2)15-20-14-13-19(10-5-4-6-11-19)12-9-18-8-7-17(3)21-18/h7-8,16,20H,4-6,9-15H2,1-3H3. The van der Waals surface area contributed by atoms with Gasteiger partial charge in [-0.05, 0) is 75.6 Å². The molecule has 0 atom stereocenters. The third kappa shape index (κ3) is 5.75. The van der Waals surface area contributed by atoms with Crippen LogP contribution in [0.5, 0.6) is 0 Å². The molecule has 2 rings (SSSR count). The van der Waals surface area contributed by atoms with Crippen LogP contribution in [0.1, 0.15) is 68.5 Å². The Morgan fingerprint density at radius 2 is 1.90 bits per heavy atom. The van der Waals surface area contributed by atoms with Gasteiger partial charge >= 0.3 is 0 Å². The van der Waals surface area contributed by atoms with Crippen LogP contribution < -0.4 is 5.32 Å². The lowest BCUT2D eigenvalue weighted by molar-refractivity contribution is 0.156. The largest absolute Gasteiger partial charge is 0.316 e. The lowest BCUT2D eigenvalue weighted by Crippen LogP contribution is -2.31. The molecule has 21 heavy (non-hydrogen) atoms. The molecule has 0 unspecified atom stereocenters. The first kappa shape index (κ1) is 17.0. The number of aryl methyl sites for hydroxylation is 2. The van der Waals surface area contributed by atoms with Crippen molar-refractivity contribution in [2.75, 3.05) is 13.1 Å². The van der Waals surface area contributed by atoms with Crippen LogP contribution in [0.3, 0.4) is 0 Å². The zero-order chi connectivity index (χ0) is 15.1. The summed E-state index contributed by atoms with van der Waals surface area (Å²) in [6.45, 7) is 9.19. The fourth-order valence-corrected chi connectivity index (χ4v) is 4.57. The highest BCUT2D eigenvalue weighted by Gasteiger charge is 2.31. The lowest BCUT2D eigenvalue weighted by Gasteiger charge is -2.38. The van der Waals surface area contributed by atoms with Gasteiger partial charge in [0.2, 0.25) is 0 Å². The first-order valence-electron chi connectivity index (χ1n) is 8.86. The minimum absolute atomic E-state index is 0.625. The van der Waals surface area contributed by atoms with Gasteiger partial charge < -0.3 is 5.32 Å². The summed E-state index contributed by atoms with van der Waals surface area (Å²) in [6, 6.07) is 4.62. The Morgan fingerprint density at radius 3 is 2.52 bits per heavy atom. The number of thiophene rings is 1. The molecule has 0 saturated heterocycles. The number of hydrogen-bond acceptors (Lipinski definition) is 2. The summed E-state index contributed by atoms with van der Waals surface area (Å²) in [5.74, 6) is 0.765. The average molecular weight is 308 g/mol. The van der Waals surface area contributed by atoms with Gasteiger partial charge in [-0.15, -0.1) is 11.3 Å². The molecule has 1 nitrogen and oxygen atoms in total. The van der Waals surface area contributed by atoms with Crippen LogP contribution in [0.25, 0.3) is 0 Å². The fourth-order valence-electron chi connectivity index (χ4n) is 3.68. The second-order valence-corrected chi connectivity index (χ2v) is 8.79. The summed E-state index contributed by atoms with van der Waals surface area (Å²) in [4.78, 5) is 3.05. The Kier molecular flexibility index (Phi) is 6.75. The molecule has 1 aromatic heterocycles. The van der Waals surface area contributed by atoms with Gasteiger partial charge in [-0.2, -0.15) is 0 Å². The third-order valence-corrected chi connectivity index (χ3v) is 6.06. The van der Waals surface area contributed by atoms with Gasteiger partial charge in [0.05, 0.1) is 0 Å². The average Bonchev–Trinajstić information content (AvgIpc) is 2.88. The SMILES string of the molecule is Cc1ccc(CCC2(CCNCC(C)C)CCCCC2)s1. The molecular weight excluding hydrogens is 274 g/mol. The number of nitrogens with one attached hydrogen (secondary N) is 1. The smallest absolute Gasteiger partial charge is 0.00482 e. The van der Waals surface area contributed by atoms with Gasteiger partial charge in [0.15, 0.2) is 0 Å². The van der Waals surface area contributed by atoms with Gasteiger partial charge in [0.1, 0.15) is 0 Å². The molecule has 0 radical (unpaired) electrons. The Balaban J connectivity index is 1.83. The Hall–Kier alpha value is -0.340. The van der Waals surface area contributed by atoms with E-state index in [2.05, 4.69) is 38.2 Å². The first-order valence-corrected chi connectivity index (χ1v) is 9.67. The van der Waals surface area contributed by atoms with Crippen LogP contribution >= 0.6 is 11.3 Å². The highest BCUT2D eigenvalue weighted by Crippen LogP contribution is 2.43. The fraction of sp³-hybridized carbons (Fsp3) is 0.789. The minimum atomic E-state index is 0.625. The number of rotatable bonds is 8. The van der Waals surface area contributed by atoms with E-state index >= 15 is 0 Å². The Morgan fingerprint density at radius 1 is 1.14 bits per heavy atom. The maximum absolute atomic E-state index is 3.66.